The minimum Gasteiger partial charge on any atom is -0.394 e. The van der Waals surface area contributed by atoms with E-state index in [-0.39, 0.29) is 24.7 Å². The molecule has 1 fully saturated rings. The number of aromatic amines is 1. The van der Waals surface area contributed by atoms with Crippen LogP contribution in [0, 0.1) is 0 Å². The summed E-state index contributed by atoms with van der Waals surface area (Å²) in [6, 6.07) is 3.85. The van der Waals surface area contributed by atoms with Crippen LogP contribution in [0.3, 0.4) is 0 Å². The molecule has 1 saturated heterocycles. The number of nitrogens with zero attached hydrogens (tertiary/aromatic N) is 2. The lowest BCUT2D eigenvalue weighted by Crippen LogP contribution is -2.52. The number of hydrogen-bond acceptors (Lipinski definition) is 4. The fraction of sp³-hybridized carbons (Fsp3) is 0.467. The number of fused-ring (bicyclic) bond motifs is 1. The molecular formula is C15H19N3O3. The van der Waals surface area contributed by atoms with Crippen molar-refractivity contribution in [3.05, 3.63) is 30.1 Å². The van der Waals surface area contributed by atoms with Crippen LogP contribution in [0.5, 0.6) is 0 Å². The van der Waals surface area contributed by atoms with Gasteiger partial charge in [0, 0.05) is 24.3 Å². The molecule has 3 rings (SSSR count). The highest BCUT2D eigenvalue weighted by Gasteiger charge is 2.29. The maximum absolute atomic E-state index is 12.5. The minimum absolute atomic E-state index is 0.0311. The molecule has 3 heterocycles. The summed E-state index contributed by atoms with van der Waals surface area (Å²) in [4.78, 5) is 21.6. The van der Waals surface area contributed by atoms with Crippen LogP contribution in [0.1, 0.15) is 12.5 Å². The number of aromatic nitrogens is 2. The first-order valence-corrected chi connectivity index (χ1v) is 7.12. The lowest BCUT2D eigenvalue weighted by molar-refractivity contribution is -0.145. The number of carbonyl (C=O) groups is 1. The smallest absolute Gasteiger partial charge is 0.227 e. The number of pyridine rings is 1. The Kier molecular flexibility index (Phi) is 3.90. The molecule has 1 aliphatic rings. The molecule has 0 radical (unpaired) electrons. The molecule has 0 bridgehead atoms. The summed E-state index contributed by atoms with van der Waals surface area (Å²) in [5, 5.41) is 10.2. The van der Waals surface area contributed by atoms with Crippen LogP contribution >= 0.6 is 0 Å². The first-order valence-electron chi connectivity index (χ1n) is 7.12. The van der Waals surface area contributed by atoms with Gasteiger partial charge in [0.2, 0.25) is 5.91 Å². The van der Waals surface area contributed by atoms with E-state index in [0.29, 0.717) is 19.6 Å². The Hall–Kier alpha value is -1.92. The van der Waals surface area contributed by atoms with Gasteiger partial charge in [-0.15, -0.1) is 0 Å². The van der Waals surface area contributed by atoms with Gasteiger partial charge >= 0.3 is 0 Å². The molecule has 6 heteroatoms. The Morgan fingerprint density at radius 3 is 3.29 bits per heavy atom. The minimum atomic E-state index is -0.283. The molecule has 2 atom stereocenters. The average Bonchev–Trinajstić information content (AvgIpc) is 2.91. The second-order valence-electron chi connectivity index (χ2n) is 5.42. The fourth-order valence-electron chi connectivity index (χ4n) is 2.70. The quantitative estimate of drug-likeness (QED) is 0.872. The van der Waals surface area contributed by atoms with Gasteiger partial charge in [-0.2, -0.15) is 0 Å². The van der Waals surface area contributed by atoms with Crippen molar-refractivity contribution in [2.24, 2.45) is 0 Å². The first-order chi connectivity index (χ1) is 10.2. The lowest BCUT2D eigenvalue weighted by atomic mass is 10.1. The van der Waals surface area contributed by atoms with Crippen LogP contribution < -0.4 is 0 Å². The summed E-state index contributed by atoms with van der Waals surface area (Å²) >= 11 is 0. The van der Waals surface area contributed by atoms with Crippen LogP contribution in [0.4, 0.5) is 0 Å². The summed E-state index contributed by atoms with van der Waals surface area (Å²) < 4.78 is 5.47. The van der Waals surface area contributed by atoms with Gasteiger partial charge in [0.05, 0.1) is 31.8 Å². The van der Waals surface area contributed by atoms with Crippen molar-refractivity contribution < 1.29 is 14.6 Å². The van der Waals surface area contributed by atoms with Crippen molar-refractivity contribution in [3.63, 3.8) is 0 Å². The summed E-state index contributed by atoms with van der Waals surface area (Å²) in [6.07, 6.45) is 3.61. The van der Waals surface area contributed by atoms with Gasteiger partial charge in [0.1, 0.15) is 5.65 Å². The molecule has 2 N–H and O–H groups in total. The Morgan fingerprint density at radius 2 is 2.48 bits per heavy atom. The number of hydrogen-bond donors (Lipinski definition) is 2. The first kappa shape index (κ1) is 14.0. The summed E-state index contributed by atoms with van der Waals surface area (Å²) in [7, 11) is 0. The van der Waals surface area contributed by atoms with E-state index in [1.54, 1.807) is 11.1 Å². The van der Waals surface area contributed by atoms with Crippen LogP contribution in [-0.2, 0) is 16.0 Å². The zero-order chi connectivity index (χ0) is 14.8. The number of rotatable bonds is 3. The van der Waals surface area contributed by atoms with Crippen molar-refractivity contribution in [1.82, 2.24) is 14.9 Å². The second kappa shape index (κ2) is 5.83. The zero-order valence-electron chi connectivity index (χ0n) is 12.0. The monoisotopic (exact) mass is 289 g/mol. The van der Waals surface area contributed by atoms with E-state index in [0.717, 1.165) is 16.6 Å². The lowest BCUT2D eigenvalue weighted by Gasteiger charge is -2.37. The number of carbonyl (C=O) groups excluding carboxylic acids is 1. The van der Waals surface area contributed by atoms with E-state index in [4.69, 9.17) is 4.74 Å². The van der Waals surface area contributed by atoms with Crippen molar-refractivity contribution in [1.29, 1.82) is 0 Å². The normalized spacial score (nSPS) is 22.7. The molecule has 2 aromatic rings. The highest BCUT2D eigenvalue weighted by Crippen LogP contribution is 2.19. The Bertz CT molecular complexity index is 640. The highest BCUT2D eigenvalue weighted by atomic mass is 16.5. The molecule has 0 aliphatic carbocycles. The van der Waals surface area contributed by atoms with Gasteiger partial charge in [-0.05, 0) is 24.6 Å². The standard InChI is InChI=1S/C15H19N3O3/c1-10-9-21-12(8-19)7-18(10)14(20)5-11-6-17-15-13(11)3-2-4-16-15/h2-4,6,10,12,19H,5,7-9H2,1H3,(H,16,17). The Balaban J connectivity index is 1.76. The van der Waals surface area contributed by atoms with Crippen molar-refractivity contribution >= 4 is 16.9 Å². The predicted octanol–water partition coefficient (Wildman–Crippen LogP) is 0.714. The Labute approximate surface area is 122 Å². The third-order valence-electron chi connectivity index (χ3n) is 3.91. The van der Waals surface area contributed by atoms with Crippen LogP contribution in [-0.4, -0.2) is 57.8 Å². The summed E-state index contributed by atoms with van der Waals surface area (Å²) in [5.41, 5.74) is 1.74. The number of nitrogens with one attached hydrogen (secondary N) is 1. The third kappa shape index (κ3) is 2.77. The molecule has 2 aromatic heterocycles. The zero-order valence-corrected chi connectivity index (χ0v) is 12.0. The molecule has 0 saturated carbocycles. The molecule has 21 heavy (non-hydrogen) atoms. The molecule has 0 aromatic carbocycles. The maximum Gasteiger partial charge on any atom is 0.227 e. The van der Waals surface area contributed by atoms with Gasteiger partial charge in [0.25, 0.3) is 0 Å². The summed E-state index contributed by atoms with van der Waals surface area (Å²) in [5.74, 6) is 0.0500. The molecule has 112 valence electrons. The molecule has 6 nitrogen and oxygen atoms in total. The molecule has 1 amide bonds. The van der Waals surface area contributed by atoms with Gasteiger partial charge in [-0.3, -0.25) is 4.79 Å². The van der Waals surface area contributed by atoms with Crippen molar-refractivity contribution in [2.45, 2.75) is 25.5 Å². The third-order valence-corrected chi connectivity index (χ3v) is 3.91. The topological polar surface area (TPSA) is 78.5 Å². The van der Waals surface area contributed by atoms with E-state index in [1.165, 1.54) is 0 Å². The maximum atomic E-state index is 12.5. The number of amides is 1. The van der Waals surface area contributed by atoms with Gasteiger partial charge in [-0.1, -0.05) is 0 Å². The largest absolute Gasteiger partial charge is 0.394 e. The van der Waals surface area contributed by atoms with E-state index < -0.39 is 0 Å². The van der Waals surface area contributed by atoms with Gasteiger partial charge < -0.3 is 19.7 Å². The fourth-order valence-corrected chi connectivity index (χ4v) is 2.70. The Morgan fingerprint density at radius 1 is 1.62 bits per heavy atom. The van der Waals surface area contributed by atoms with Gasteiger partial charge in [-0.25, -0.2) is 4.98 Å². The molecule has 0 spiro atoms. The van der Waals surface area contributed by atoms with E-state index in [1.807, 2.05) is 25.3 Å². The number of H-pyrrole nitrogens is 1. The molecular weight excluding hydrogens is 270 g/mol. The number of morpholine rings is 1. The average molecular weight is 289 g/mol. The molecule has 2 unspecified atom stereocenters. The second-order valence-corrected chi connectivity index (χ2v) is 5.42. The number of aliphatic hydroxyl groups excluding tert-OH is 1. The predicted molar refractivity (Wildman–Crippen MR) is 77.8 cm³/mol. The van der Waals surface area contributed by atoms with Gasteiger partial charge in [0.15, 0.2) is 0 Å². The van der Waals surface area contributed by atoms with Crippen LogP contribution in [0.2, 0.25) is 0 Å². The van der Waals surface area contributed by atoms with Crippen molar-refractivity contribution in [2.75, 3.05) is 19.8 Å². The number of ether oxygens (including phenoxy) is 1. The van der Waals surface area contributed by atoms with E-state index in [2.05, 4.69) is 9.97 Å². The van der Waals surface area contributed by atoms with Crippen LogP contribution in [0.25, 0.3) is 11.0 Å². The van der Waals surface area contributed by atoms with E-state index in [9.17, 15) is 9.90 Å². The van der Waals surface area contributed by atoms with E-state index >= 15 is 0 Å². The highest BCUT2D eigenvalue weighted by molar-refractivity contribution is 5.87. The number of aliphatic hydroxyl groups is 1. The van der Waals surface area contributed by atoms with Crippen molar-refractivity contribution in [3.8, 4) is 0 Å². The molecule has 1 aliphatic heterocycles. The summed E-state index contributed by atoms with van der Waals surface area (Å²) in [6.45, 7) is 2.80. The SMILES string of the molecule is CC1COC(CO)CN1C(=O)Cc1c[nH]c2ncccc12. The van der Waals surface area contributed by atoms with Crippen LogP contribution in [0.15, 0.2) is 24.5 Å².